The van der Waals surface area contributed by atoms with Gasteiger partial charge in [-0.15, -0.1) is 0 Å². The molecule has 1 saturated heterocycles. The molecular weight excluding hydrogens is 217 g/mol. The smallest absolute Gasteiger partial charge is 0.315 e. The van der Waals surface area contributed by atoms with Gasteiger partial charge in [0.15, 0.2) is 0 Å². The highest BCUT2D eigenvalue weighted by Gasteiger charge is 2.43. The van der Waals surface area contributed by atoms with E-state index in [1.54, 1.807) is 0 Å². The first-order valence-electron chi connectivity index (χ1n) is 5.98. The number of nitrogens with zero attached hydrogens (tertiary/aromatic N) is 1. The minimum Gasteiger partial charge on any atom is -0.315 e. The second kappa shape index (κ2) is 4.53. The van der Waals surface area contributed by atoms with E-state index in [0.717, 1.165) is 19.4 Å². The van der Waals surface area contributed by atoms with Crippen molar-refractivity contribution >= 4 is 0 Å². The van der Waals surface area contributed by atoms with Gasteiger partial charge in [0.25, 0.3) is 0 Å². The van der Waals surface area contributed by atoms with Crippen LogP contribution in [0.3, 0.4) is 0 Å². The van der Waals surface area contributed by atoms with E-state index < -0.39 is 12.1 Å². The Labute approximate surface area is 94.2 Å². The number of rotatable bonds is 1. The summed E-state index contributed by atoms with van der Waals surface area (Å²) in [5.41, 5.74) is 0. The van der Waals surface area contributed by atoms with Crippen molar-refractivity contribution in [1.82, 2.24) is 10.2 Å². The van der Waals surface area contributed by atoms with Crippen molar-refractivity contribution in [3.8, 4) is 0 Å². The van der Waals surface area contributed by atoms with Gasteiger partial charge >= 0.3 is 6.18 Å². The second-order valence-corrected chi connectivity index (χ2v) is 5.17. The lowest BCUT2D eigenvalue weighted by molar-refractivity contribution is -0.178. The van der Waals surface area contributed by atoms with E-state index in [0.29, 0.717) is 18.5 Å². The molecule has 0 aromatic rings. The standard InChI is InChI=1S/C11H19F3N2/c1-8-4-10(5-8)16-3-2-15-6-9(7-16)11(12,13)14/h8-10,15H,2-7H2,1H3. The Balaban J connectivity index is 1.93. The summed E-state index contributed by atoms with van der Waals surface area (Å²) in [6, 6.07) is 0.389. The highest BCUT2D eigenvalue weighted by Crippen LogP contribution is 2.34. The van der Waals surface area contributed by atoms with Gasteiger partial charge < -0.3 is 5.32 Å². The topological polar surface area (TPSA) is 15.3 Å². The third kappa shape index (κ3) is 2.69. The van der Waals surface area contributed by atoms with Gasteiger partial charge in [-0.2, -0.15) is 13.2 Å². The average molecular weight is 236 g/mol. The lowest BCUT2D eigenvalue weighted by Gasteiger charge is -2.42. The number of hydrogen-bond donors (Lipinski definition) is 1. The first kappa shape index (κ1) is 12.2. The lowest BCUT2D eigenvalue weighted by Crippen LogP contribution is -2.48. The van der Waals surface area contributed by atoms with Crippen molar-refractivity contribution in [2.45, 2.75) is 32.0 Å². The summed E-state index contributed by atoms with van der Waals surface area (Å²) in [6.07, 6.45) is -1.94. The van der Waals surface area contributed by atoms with Crippen molar-refractivity contribution < 1.29 is 13.2 Å². The third-order valence-corrected chi connectivity index (χ3v) is 3.75. The number of nitrogens with one attached hydrogen (secondary N) is 1. The van der Waals surface area contributed by atoms with Gasteiger partial charge in [-0.05, 0) is 18.8 Å². The molecule has 1 unspecified atom stereocenters. The SMILES string of the molecule is CC1CC(N2CCNCC(C(F)(F)F)C2)C1. The van der Waals surface area contributed by atoms with Crippen LogP contribution in [-0.4, -0.2) is 43.3 Å². The first-order chi connectivity index (χ1) is 7.47. The first-order valence-corrected chi connectivity index (χ1v) is 5.98. The Bertz CT molecular complexity index is 236. The van der Waals surface area contributed by atoms with Gasteiger partial charge in [0.2, 0.25) is 0 Å². The molecule has 2 nitrogen and oxygen atoms in total. The van der Waals surface area contributed by atoms with Gasteiger partial charge in [-0.1, -0.05) is 6.92 Å². The average Bonchev–Trinajstić information content (AvgIpc) is 2.36. The van der Waals surface area contributed by atoms with Crippen LogP contribution in [0.2, 0.25) is 0 Å². The van der Waals surface area contributed by atoms with Crippen LogP contribution in [0.4, 0.5) is 13.2 Å². The molecule has 16 heavy (non-hydrogen) atoms. The molecule has 1 aliphatic carbocycles. The van der Waals surface area contributed by atoms with E-state index in [9.17, 15) is 13.2 Å². The fraction of sp³-hybridized carbons (Fsp3) is 1.00. The minimum absolute atomic E-state index is 0.0717. The van der Waals surface area contributed by atoms with E-state index in [4.69, 9.17) is 0 Å². The zero-order valence-electron chi connectivity index (χ0n) is 9.56. The third-order valence-electron chi connectivity index (χ3n) is 3.75. The zero-order chi connectivity index (χ0) is 11.8. The van der Waals surface area contributed by atoms with Crippen LogP contribution in [0.1, 0.15) is 19.8 Å². The second-order valence-electron chi connectivity index (χ2n) is 5.17. The summed E-state index contributed by atoms with van der Waals surface area (Å²) in [5, 5.41) is 2.89. The molecule has 2 fully saturated rings. The Morgan fingerprint density at radius 2 is 1.94 bits per heavy atom. The molecule has 1 atom stereocenters. The Morgan fingerprint density at radius 3 is 2.50 bits per heavy atom. The van der Waals surface area contributed by atoms with Crippen LogP contribution in [0.15, 0.2) is 0 Å². The van der Waals surface area contributed by atoms with Crippen molar-refractivity contribution in [3.05, 3.63) is 0 Å². The van der Waals surface area contributed by atoms with Gasteiger partial charge in [-0.25, -0.2) is 0 Å². The molecule has 0 bridgehead atoms. The molecular formula is C11H19F3N2. The summed E-state index contributed by atoms with van der Waals surface area (Å²) in [6.45, 7) is 3.84. The van der Waals surface area contributed by atoms with Gasteiger partial charge in [-0.3, -0.25) is 4.90 Å². The largest absolute Gasteiger partial charge is 0.394 e. The van der Waals surface area contributed by atoms with Gasteiger partial charge in [0, 0.05) is 32.2 Å². The maximum atomic E-state index is 12.7. The highest BCUT2D eigenvalue weighted by molar-refractivity contribution is 4.89. The Kier molecular flexibility index (Phi) is 3.45. The number of halogens is 3. The van der Waals surface area contributed by atoms with E-state index in [1.165, 1.54) is 0 Å². The molecule has 94 valence electrons. The quantitative estimate of drug-likeness (QED) is 0.747. The van der Waals surface area contributed by atoms with Crippen LogP contribution in [-0.2, 0) is 0 Å². The highest BCUT2D eigenvalue weighted by atomic mass is 19.4. The molecule has 1 saturated carbocycles. The number of alkyl halides is 3. The maximum Gasteiger partial charge on any atom is 0.394 e. The van der Waals surface area contributed by atoms with Crippen LogP contribution in [0, 0.1) is 11.8 Å². The molecule has 5 heteroatoms. The summed E-state index contributed by atoms with van der Waals surface area (Å²) in [4.78, 5) is 2.03. The lowest BCUT2D eigenvalue weighted by atomic mass is 9.80. The molecule has 0 spiro atoms. The van der Waals surface area contributed by atoms with Crippen LogP contribution in [0.25, 0.3) is 0 Å². The predicted octanol–water partition coefficient (Wildman–Crippen LogP) is 1.87. The van der Waals surface area contributed by atoms with Crippen molar-refractivity contribution in [2.75, 3.05) is 26.2 Å². The normalized spacial score (nSPS) is 37.9. The van der Waals surface area contributed by atoms with E-state index in [2.05, 4.69) is 12.2 Å². The van der Waals surface area contributed by atoms with E-state index in [1.807, 2.05) is 4.90 Å². The van der Waals surface area contributed by atoms with E-state index in [-0.39, 0.29) is 13.1 Å². The van der Waals surface area contributed by atoms with Crippen LogP contribution in [0.5, 0.6) is 0 Å². The molecule has 0 radical (unpaired) electrons. The molecule has 1 N–H and O–H groups in total. The van der Waals surface area contributed by atoms with Crippen LogP contribution >= 0.6 is 0 Å². The Hall–Kier alpha value is -0.290. The van der Waals surface area contributed by atoms with Gasteiger partial charge in [0.1, 0.15) is 0 Å². The Morgan fingerprint density at radius 1 is 1.25 bits per heavy atom. The molecule has 0 amide bonds. The number of hydrogen-bond acceptors (Lipinski definition) is 2. The molecule has 2 aliphatic rings. The van der Waals surface area contributed by atoms with Gasteiger partial charge in [0.05, 0.1) is 5.92 Å². The minimum atomic E-state index is -4.06. The molecule has 0 aromatic heterocycles. The summed E-state index contributed by atoms with van der Waals surface area (Å²) in [5.74, 6) is -0.517. The summed E-state index contributed by atoms with van der Waals surface area (Å²) >= 11 is 0. The molecule has 1 heterocycles. The zero-order valence-corrected chi connectivity index (χ0v) is 9.56. The van der Waals surface area contributed by atoms with Crippen LogP contribution < -0.4 is 5.32 Å². The summed E-state index contributed by atoms with van der Waals surface area (Å²) < 4.78 is 38.1. The molecule has 0 aromatic carbocycles. The predicted molar refractivity (Wildman–Crippen MR) is 56.2 cm³/mol. The molecule has 1 aliphatic heterocycles. The summed E-state index contributed by atoms with van der Waals surface area (Å²) in [7, 11) is 0. The van der Waals surface area contributed by atoms with E-state index >= 15 is 0 Å². The molecule has 2 rings (SSSR count). The fourth-order valence-corrected chi connectivity index (χ4v) is 2.65. The monoisotopic (exact) mass is 236 g/mol. The fourth-order valence-electron chi connectivity index (χ4n) is 2.65. The van der Waals surface area contributed by atoms with Crippen molar-refractivity contribution in [2.24, 2.45) is 11.8 Å². The maximum absolute atomic E-state index is 12.7. The van der Waals surface area contributed by atoms with Crippen molar-refractivity contribution in [1.29, 1.82) is 0 Å². The van der Waals surface area contributed by atoms with Crippen molar-refractivity contribution in [3.63, 3.8) is 0 Å².